The Morgan fingerprint density at radius 1 is 0.862 bits per heavy atom. The molecule has 3 N–H and O–H groups in total. The summed E-state index contributed by atoms with van der Waals surface area (Å²) in [7, 11) is 2.09. The minimum absolute atomic E-state index is 0.796. The summed E-state index contributed by atoms with van der Waals surface area (Å²) >= 11 is 0. The minimum atomic E-state index is 0.796. The van der Waals surface area contributed by atoms with Gasteiger partial charge in [0, 0.05) is 18.8 Å². The second-order valence-corrected chi connectivity index (χ2v) is 8.88. The van der Waals surface area contributed by atoms with Gasteiger partial charge in [0.1, 0.15) is 17.8 Å². The maximum atomic E-state index is 4.36. The van der Waals surface area contributed by atoms with Crippen LogP contribution in [-0.4, -0.2) is 34.6 Å². The Balaban J connectivity index is 0.000000204. The topological polar surface area (TPSA) is 65.6 Å². The lowest BCUT2D eigenvalue weighted by Crippen LogP contribution is -2.25. The van der Waals surface area contributed by atoms with Gasteiger partial charge in [0.05, 0.1) is 5.39 Å². The molecule has 0 spiro atoms. The molecule has 0 atom stereocenters. The number of hydrogen-bond acceptors (Lipinski definition) is 4. The first-order valence-corrected chi connectivity index (χ1v) is 12.1. The zero-order valence-corrected chi connectivity index (χ0v) is 18.4. The van der Waals surface area contributed by atoms with Crippen LogP contribution in [0.25, 0.3) is 11.0 Å². The first-order chi connectivity index (χ1) is 14.4. The van der Waals surface area contributed by atoms with E-state index in [2.05, 4.69) is 32.6 Å². The van der Waals surface area contributed by atoms with Crippen LogP contribution in [0, 0.1) is 5.92 Å². The Bertz CT molecular complexity index is 667. The van der Waals surface area contributed by atoms with Crippen LogP contribution in [0.15, 0.2) is 18.6 Å². The lowest BCUT2D eigenvalue weighted by Gasteiger charge is -2.20. The lowest BCUT2D eigenvalue weighted by molar-refractivity contribution is 0.392. The van der Waals surface area contributed by atoms with Crippen molar-refractivity contribution < 1.29 is 0 Å². The fourth-order valence-electron chi connectivity index (χ4n) is 4.74. The molecule has 0 amide bonds. The molecule has 162 valence electrons. The average molecular weight is 400 g/mol. The van der Waals surface area contributed by atoms with Crippen LogP contribution in [0.5, 0.6) is 0 Å². The van der Waals surface area contributed by atoms with E-state index in [0.717, 1.165) is 35.4 Å². The molecule has 0 aliphatic heterocycles. The van der Waals surface area contributed by atoms with E-state index in [9.17, 15) is 0 Å². The highest BCUT2D eigenvalue weighted by Gasteiger charge is 2.12. The van der Waals surface area contributed by atoms with Gasteiger partial charge in [-0.05, 0) is 44.7 Å². The Labute approximate surface area is 176 Å². The van der Waals surface area contributed by atoms with Crippen molar-refractivity contribution in [3.63, 3.8) is 0 Å². The average Bonchev–Trinajstić information content (AvgIpc) is 3.17. The summed E-state index contributed by atoms with van der Waals surface area (Å²) in [6.45, 7) is 1.04. The highest BCUT2D eigenvalue weighted by molar-refractivity contribution is 5.86. The van der Waals surface area contributed by atoms with Gasteiger partial charge in [0.15, 0.2) is 0 Å². The number of H-pyrrole nitrogens is 1. The maximum absolute atomic E-state index is 4.36. The van der Waals surface area contributed by atoms with Crippen molar-refractivity contribution in [1.29, 1.82) is 0 Å². The highest BCUT2D eigenvalue weighted by Crippen LogP contribution is 2.24. The Morgan fingerprint density at radius 2 is 1.48 bits per heavy atom. The number of anilines is 1. The first kappa shape index (κ1) is 22.1. The van der Waals surface area contributed by atoms with E-state index in [1.165, 1.54) is 89.9 Å². The molecule has 2 saturated carbocycles. The van der Waals surface area contributed by atoms with Crippen molar-refractivity contribution in [2.24, 2.45) is 5.92 Å². The maximum Gasteiger partial charge on any atom is 0.142 e. The van der Waals surface area contributed by atoms with Crippen LogP contribution in [0.3, 0.4) is 0 Å². The minimum Gasteiger partial charge on any atom is -0.369 e. The monoisotopic (exact) mass is 399 g/mol. The number of hydrogen-bond donors (Lipinski definition) is 3. The van der Waals surface area contributed by atoms with Gasteiger partial charge in [-0.15, -0.1) is 0 Å². The first-order valence-electron chi connectivity index (χ1n) is 12.1. The van der Waals surface area contributed by atoms with Crippen molar-refractivity contribution >= 4 is 16.9 Å². The molecule has 0 unspecified atom stereocenters. The van der Waals surface area contributed by atoms with Crippen molar-refractivity contribution in [2.45, 2.75) is 95.9 Å². The Hall–Kier alpha value is -1.62. The van der Waals surface area contributed by atoms with E-state index in [0.29, 0.717) is 0 Å². The molecule has 0 bridgehead atoms. The molecule has 2 aromatic rings. The van der Waals surface area contributed by atoms with Gasteiger partial charge in [0.2, 0.25) is 0 Å². The zero-order chi connectivity index (χ0) is 20.2. The summed E-state index contributed by atoms with van der Waals surface area (Å²) in [6, 6.07) is 2.86. The summed E-state index contributed by atoms with van der Waals surface area (Å²) in [6.07, 6.45) is 23.3. The Kier molecular flexibility index (Phi) is 9.77. The van der Waals surface area contributed by atoms with E-state index < -0.39 is 0 Å². The number of aromatic nitrogens is 3. The van der Waals surface area contributed by atoms with Gasteiger partial charge in [-0.2, -0.15) is 0 Å². The third-order valence-electron chi connectivity index (χ3n) is 6.65. The number of aromatic amines is 1. The molecule has 5 nitrogen and oxygen atoms in total. The molecular weight excluding hydrogens is 358 g/mol. The second-order valence-electron chi connectivity index (χ2n) is 8.88. The Morgan fingerprint density at radius 3 is 2.14 bits per heavy atom. The number of nitrogens with zero attached hydrogens (tertiary/aromatic N) is 2. The second kappa shape index (κ2) is 12.8. The van der Waals surface area contributed by atoms with Crippen molar-refractivity contribution in [2.75, 3.05) is 18.9 Å². The summed E-state index contributed by atoms with van der Waals surface area (Å²) in [5.41, 5.74) is 0.912. The number of nitrogens with one attached hydrogen (secondary N) is 3. The molecule has 2 fully saturated rings. The van der Waals surface area contributed by atoms with Crippen LogP contribution >= 0.6 is 0 Å². The van der Waals surface area contributed by atoms with Crippen molar-refractivity contribution in [1.82, 2.24) is 20.3 Å². The number of rotatable bonds is 4. The molecule has 2 heterocycles. The van der Waals surface area contributed by atoms with Crippen LogP contribution in [-0.2, 0) is 0 Å². The standard InChI is InChI=1S/C15H22N4.C9H19N/c1-2-4-6-12(7-5-3-1)10-17-15-13-8-9-16-14(13)18-11-19-15;1-10-9-7-5-3-2-4-6-8-9/h8-9,11-12H,1-7,10H2,(H2,16,17,18,19);9-10H,2-8H2,1H3. The smallest absolute Gasteiger partial charge is 0.142 e. The fraction of sp³-hybridized carbons (Fsp3) is 0.750. The molecule has 29 heavy (non-hydrogen) atoms. The van der Waals surface area contributed by atoms with Gasteiger partial charge in [-0.3, -0.25) is 0 Å². The quantitative estimate of drug-likeness (QED) is 0.585. The summed E-state index contributed by atoms with van der Waals surface area (Å²) < 4.78 is 0. The highest BCUT2D eigenvalue weighted by atomic mass is 15.0. The normalized spacial score (nSPS) is 20.0. The van der Waals surface area contributed by atoms with E-state index in [-0.39, 0.29) is 0 Å². The number of fused-ring (bicyclic) bond motifs is 1. The molecule has 0 aromatic carbocycles. The largest absolute Gasteiger partial charge is 0.369 e. The third kappa shape index (κ3) is 7.61. The van der Waals surface area contributed by atoms with Crippen LogP contribution in [0.2, 0.25) is 0 Å². The lowest BCUT2D eigenvalue weighted by atomic mass is 9.91. The molecule has 4 rings (SSSR count). The van der Waals surface area contributed by atoms with Gasteiger partial charge < -0.3 is 15.6 Å². The van der Waals surface area contributed by atoms with Crippen LogP contribution in [0.1, 0.15) is 89.9 Å². The summed E-state index contributed by atoms with van der Waals surface area (Å²) in [4.78, 5) is 11.7. The molecule has 0 radical (unpaired) electrons. The van der Waals surface area contributed by atoms with Gasteiger partial charge >= 0.3 is 0 Å². The van der Waals surface area contributed by atoms with E-state index in [4.69, 9.17) is 0 Å². The third-order valence-corrected chi connectivity index (χ3v) is 6.65. The molecule has 5 heteroatoms. The molecule has 0 saturated heterocycles. The fourth-order valence-corrected chi connectivity index (χ4v) is 4.74. The van der Waals surface area contributed by atoms with Crippen LogP contribution in [0.4, 0.5) is 5.82 Å². The molecule has 2 aromatic heterocycles. The van der Waals surface area contributed by atoms with Crippen molar-refractivity contribution in [3.8, 4) is 0 Å². The van der Waals surface area contributed by atoms with Crippen molar-refractivity contribution in [3.05, 3.63) is 18.6 Å². The van der Waals surface area contributed by atoms with Crippen LogP contribution < -0.4 is 10.6 Å². The predicted octanol–water partition coefficient (Wildman–Crippen LogP) is 6.05. The zero-order valence-electron chi connectivity index (χ0n) is 18.4. The SMILES string of the molecule is CNC1CCCCCCC1.c1nc(NCC2CCCCCCC2)c2cc[nH]c2n1. The van der Waals surface area contributed by atoms with E-state index >= 15 is 0 Å². The predicted molar refractivity (Wildman–Crippen MR) is 123 cm³/mol. The molecule has 2 aliphatic carbocycles. The van der Waals surface area contributed by atoms with Gasteiger partial charge in [-0.1, -0.05) is 64.2 Å². The summed E-state index contributed by atoms with van der Waals surface area (Å²) in [5, 5.41) is 7.98. The summed E-state index contributed by atoms with van der Waals surface area (Å²) in [5.74, 6) is 1.76. The van der Waals surface area contributed by atoms with E-state index in [1.807, 2.05) is 12.3 Å². The van der Waals surface area contributed by atoms with E-state index in [1.54, 1.807) is 6.33 Å². The molecule has 2 aliphatic rings. The molecular formula is C24H41N5. The van der Waals surface area contributed by atoms with Gasteiger partial charge in [-0.25, -0.2) is 9.97 Å². The van der Waals surface area contributed by atoms with Gasteiger partial charge in [0.25, 0.3) is 0 Å².